The molecule has 9 nitrogen and oxygen atoms in total. The Labute approximate surface area is 98.3 Å². The van der Waals surface area contributed by atoms with Crippen LogP contribution in [-0.2, 0) is 14.4 Å². The highest BCUT2D eigenvalue weighted by Crippen LogP contribution is 2.12. The van der Waals surface area contributed by atoms with Crippen molar-refractivity contribution in [2.45, 2.75) is 12.8 Å². The molecule has 9 heteroatoms. The lowest BCUT2D eigenvalue weighted by molar-refractivity contribution is -0.172. The third-order valence-electron chi connectivity index (χ3n) is 2.16. The maximum atomic E-state index is 11.5. The minimum Gasteiger partial charge on any atom is -0.323 e. The highest BCUT2D eigenvalue weighted by atomic mass is 16.7. The zero-order valence-corrected chi connectivity index (χ0v) is 8.89. The fraction of sp³-hybridized carbons (Fsp3) is 0.222. The van der Waals surface area contributed by atoms with Crippen LogP contribution in [-0.4, -0.2) is 32.8 Å². The van der Waals surface area contributed by atoms with Crippen LogP contribution in [0.25, 0.3) is 0 Å². The maximum absolute atomic E-state index is 11.5. The van der Waals surface area contributed by atoms with Gasteiger partial charge in [-0.25, -0.2) is 9.59 Å². The van der Waals surface area contributed by atoms with Crippen LogP contribution in [0, 0.1) is 0 Å². The van der Waals surface area contributed by atoms with Gasteiger partial charge in [-0.05, 0) is 0 Å². The Bertz CT molecular complexity index is 598. The summed E-state index contributed by atoms with van der Waals surface area (Å²) in [6.45, 7) is 0. The van der Waals surface area contributed by atoms with Gasteiger partial charge < -0.3 is 9.82 Å². The normalized spacial score (nSPS) is 15.0. The van der Waals surface area contributed by atoms with Crippen molar-refractivity contribution in [3.8, 4) is 0 Å². The highest BCUT2D eigenvalue weighted by molar-refractivity contribution is 6.02. The summed E-state index contributed by atoms with van der Waals surface area (Å²) in [7, 11) is 0. The first-order valence-electron chi connectivity index (χ1n) is 4.89. The third-order valence-corrected chi connectivity index (χ3v) is 2.16. The number of carbonyl (C=O) groups is 3. The second-order valence-electron chi connectivity index (χ2n) is 3.46. The molecule has 0 atom stereocenters. The van der Waals surface area contributed by atoms with Crippen molar-refractivity contribution in [3.05, 3.63) is 32.6 Å². The number of rotatable bonds is 2. The molecule has 0 saturated carbocycles. The molecule has 1 aromatic heterocycles. The molecular weight excluding hydrogens is 246 g/mol. The lowest BCUT2D eigenvalue weighted by Crippen LogP contribution is -2.34. The lowest BCUT2D eigenvalue weighted by Gasteiger charge is -2.11. The molecule has 1 aliphatic heterocycles. The van der Waals surface area contributed by atoms with Crippen molar-refractivity contribution in [2.75, 3.05) is 0 Å². The van der Waals surface area contributed by atoms with Crippen LogP contribution in [0.1, 0.15) is 23.3 Å². The third kappa shape index (κ3) is 2.19. The molecule has 1 saturated heterocycles. The summed E-state index contributed by atoms with van der Waals surface area (Å²) < 4.78 is 0. The van der Waals surface area contributed by atoms with Crippen LogP contribution in [0.15, 0.2) is 15.7 Å². The molecule has 0 bridgehead atoms. The van der Waals surface area contributed by atoms with E-state index < -0.39 is 34.7 Å². The predicted molar refractivity (Wildman–Crippen MR) is 54.2 cm³/mol. The first-order valence-corrected chi connectivity index (χ1v) is 4.89. The van der Waals surface area contributed by atoms with Crippen LogP contribution in [0.2, 0.25) is 0 Å². The summed E-state index contributed by atoms with van der Waals surface area (Å²) in [5.41, 5.74) is -2.14. The first kappa shape index (κ1) is 11.8. The Morgan fingerprint density at radius 2 is 1.72 bits per heavy atom. The molecule has 1 fully saturated rings. The van der Waals surface area contributed by atoms with E-state index in [0.717, 1.165) is 6.07 Å². The van der Waals surface area contributed by atoms with Crippen LogP contribution >= 0.6 is 0 Å². The monoisotopic (exact) mass is 253 g/mol. The minimum atomic E-state index is -1.16. The van der Waals surface area contributed by atoms with E-state index >= 15 is 0 Å². The van der Waals surface area contributed by atoms with Crippen LogP contribution in [0.4, 0.5) is 0 Å². The molecule has 0 radical (unpaired) electrons. The highest BCUT2D eigenvalue weighted by Gasteiger charge is 2.33. The van der Waals surface area contributed by atoms with Gasteiger partial charge in [0, 0.05) is 18.9 Å². The Morgan fingerprint density at radius 1 is 1.11 bits per heavy atom. The summed E-state index contributed by atoms with van der Waals surface area (Å²) in [6.07, 6.45) is -0.0873. The van der Waals surface area contributed by atoms with E-state index in [1.165, 1.54) is 0 Å². The predicted octanol–water partition coefficient (Wildman–Crippen LogP) is -1.72. The molecule has 2 N–H and O–H groups in total. The number of hydrogen-bond acceptors (Lipinski definition) is 6. The van der Waals surface area contributed by atoms with Crippen molar-refractivity contribution < 1.29 is 19.2 Å². The number of amides is 2. The van der Waals surface area contributed by atoms with Gasteiger partial charge in [0.15, 0.2) is 0 Å². The van der Waals surface area contributed by atoms with E-state index in [1.54, 1.807) is 0 Å². The molecule has 1 aliphatic rings. The molecule has 2 heterocycles. The fourth-order valence-corrected chi connectivity index (χ4v) is 1.37. The SMILES string of the molecule is O=C(ON1C(=O)CCC1=O)c1cc(=O)[nH]c(=O)[nH]1. The smallest absolute Gasteiger partial charge is 0.323 e. The second kappa shape index (κ2) is 4.28. The molecule has 1 aromatic rings. The number of carbonyl (C=O) groups excluding carboxylic acids is 3. The number of aromatic nitrogens is 2. The quantitative estimate of drug-likeness (QED) is 0.603. The number of imide groups is 1. The zero-order valence-electron chi connectivity index (χ0n) is 8.89. The number of hydrogen-bond donors (Lipinski definition) is 2. The molecule has 94 valence electrons. The zero-order chi connectivity index (χ0) is 13.3. The van der Waals surface area contributed by atoms with Gasteiger partial charge in [-0.3, -0.25) is 19.4 Å². The van der Waals surface area contributed by atoms with Gasteiger partial charge in [-0.2, -0.15) is 0 Å². The van der Waals surface area contributed by atoms with E-state index in [4.69, 9.17) is 0 Å². The van der Waals surface area contributed by atoms with Gasteiger partial charge >= 0.3 is 11.7 Å². The minimum absolute atomic E-state index is 0.0436. The number of H-pyrrole nitrogens is 2. The van der Waals surface area contributed by atoms with E-state index in [1.807, 2.05) is 9.97 Å². The summed E-state index contributed by atoms with van der Waals surface area (Å²) in [5, 5.41) is 0.321. The van der Waals surface area contributed by atoms with Gasteiger partial charge in [-0.15, -0.1) is 5.06 Å². The van der Waals surface area contributed by atoms with Crippen molar-refractivity contribution >= 4 is 17.8 Å². The Morgan fingerprint density at radius 3 is 2.28 bits per heavy atom. The van der Waals surface area contributed by atoms with E-state index in [0.29, 0.717) is 5.06 Å². The van der Waals surface area contributed by atoms with Gasteiger partial charge in [-0.1, -0.05) is 0 Å². The van der Waals surface area contributed by atoms with Gasteiger partial charge in [0.2, 0.25) is 0 Å². The van der Waals surface area contributed by atoms with Crippen LogP contribution < -0.4 is 11.2 Å². The van der Waals surface area contributed by atoms with E-state index in [2.05, 4.69) is 4.84 Å². The first-order chi connectivity index (χ1) is 8.47. The molecular formula is C9H7N3O6. The number of nitrogens with zero attached hydrogens (tertiary/aromatic N) is 1. The number of aromatic amines is 2. The summed E-state index contributed by atoms with van der Waals surface area (Å²) in [6, 6.07) is 0.786. The standard InChI is InChI=1S/C9H7N3O6/c13-5-3-4(10-9(17)11-5)8(16)18-12-6(14)1-2-7(12)15/h3H,1-2H2,(H2,10,11,13,17). The summed E-state index contributed by atoms with van der Waals surface area (Å²) in [5.74, 6) is -2.47. The Kier molecular flexibility index (Phi) is 2.80. The van der Waals surface area contributed by atoms with Crippen molar-refractivity contribution in [3.63, 3.8) is 0 Å². The second-order valence-corrected chi connectivity index (χ2v) is 3.46. The maximum Gasteiger partial charge on any atom is 0.380 e. The van der Waals surface area contributed by atoms with Crippen molar-refractivity contribution in [1.29, 1.82) is 0 Å². The lowest BCUT2D eigenvalue weighted by atomic mass is 10.4. The van der Waals surface area contributed by atoms with Crippen molar-refractivity contribution in [2.24, 2.45) is 0 Å². The molecule has 18 heavy (non-hydrogen) atoms. The molecule has 2 amide bonds. The van der Waals surface area contributed by atoms with Crippen LogP contribution in [0.5, 0.6) is 0 Å². The van der Waals surface area contributed by atoms with Gasteiger partial charge in [0.1, 0.15) is 5.69 Å². The fourth-order valence-electron chi connectivity index (χ4n) is 1.37. The van der Waals surface area contributed by atoms with E-state index in [-0.39, 0.29) is 12.8 Å². The number of hydroxylamine groups is 2. The average Bonchev–Trinajstić information content (AvgIpc) is 2.59. The average molecular weight is 253 g/mol. The Hall–Kier alpha value is -2.71. The molecule has 0 unspecified atom stereocenters. The summed E-state index contributed by atoms with van der Waals surface area (Å²) in [4.78, 5) is 64.1. The molecule has 0 spiro atoms. The topological polar surface area (TPSA) is 129 Å². The van der Waals surface area contributed by atoms with Crippen LogP contribution in [0.3, 0.4) is 0 Å². The number of nitrogens with one attached hydrogen (secondary N) is 2. The molecule has 0 aliphatic carbocycles. The van der Waals surface area contributed by atoms with Crippen molar-refractivity contribution in [1.82, 2.24) is 15.0 Å². The van der Waals surface area contributed by atoms with E-state index in [9.17, 15) is 24.0 Å². The van der Waals surface area contributed by atoms with Gasteiger partial charge in [0.25, 0.3) is 17.4 Å². The Balaban J connectivity index is 2.22. The largest absolute Gasteiger partial charge is 0.380 e. The van der Waals surface area contributed by atoms with Gasteiger partial charge in [0.05, 0.1) is 0 Å². The molecule has 0 aromatic carbocycles. The summed E-state index contributed by atoms with van der Waals surface area (Å²) >= 11 is 0. The molecule has 2 rings (SSSR count).